The summed E-state index contributed by atoms with van der Waals surface area (Å²) in [7, 11) is 0. The van der Waals surface area contributed by atoms with Crippen LogP contribution in [0.1, 0.15) is 23.8 Å². The molecule has 0 aliphatic rings. The minimum Gasteiger partial charge on any atom is -0.368 e. The Morgan fingerprint density at radius 3 is 2.77 bits per heavy atom. The molecule has 3 heterocycles. The number of amides is 2. The first kappa shape index (κ1) is 17.1. The average Bonchev–Trinajstić information content (AvgIpc) is 3.07. The second-order valence-electron chi connectivity index (χ2n) is 5.56. The minimum absolute atomic E-state index is 0.0200. The van der Waals surface area contributed by atoms with E-state index in [9.17, 15) is 9.59 Å². The molecule has 3 aromatic heterocycles. The lowest BCUT2D eigenvalue weighted by Crippen LogP contribution is -2.35. The Morgan fingerprint density at radius 1 is 1.27 bits per heavy atom. The first-order valence-corrected chi connectivity index (χ1v) is 7.90. The minimum atomic E-state index is -0.725. The lowest BCUT2D eigenvalue weighted by atomic mass is 10.2. The van der Waals surface area contributed by atoms with Crippen LogP contribution in [0.15, 0.2) is 36.9 Å². The van der Waals surface area contributed by atoms with E-state index in [1.807, 2.05) is 17.4 Å². The number of hydrogen-bond acceptors (Lipinski definition) is 7. The van der Waals surface area contributed by atoms with Crippen molar-refractivity contribution in [3.05, 3.63) is 42.6 Å². The van der Waals surface area contributed by atoms with Crippen LogP contribution in [0, 0.1) is 0 Å². The standard InChI is InChI=1S/C16H18N8O2/c1-2-10(14(17)25)22-11-7-20-13(15(18)26)16(23-11)21-9-3-4-12-19-5-6-24(12)8-9/h3-8,10H,2H2,1H3,(H2,17,25)(H2,18,26)(H2,21,22,23). The lowest BCUT2D eigenvalue weighted by molar-refractivity contribution is -0.118. The van der Waals surface area contributed by atoms with E-state index in [1.54, 1.807) is 24.7 Å². The van der Waals surface area contributed by atoms with E-state index in [2.05, 4.69) is 25.6 Å². The molecule has 1 atom stereocenters. The summed E-state index contributed by atoms with van der Waals surface area (Å²) in [5.74, 6) is -0.765. The van der Waals surface area contributed by atoms with Gasteiger partial charge in [-0.25, -0.2) is 15.0 Å². The Hall–Kier alpha value is -3.69. The Labute approximate surface area is 148 Å². The number of nitrogens with one attached hydrogen (secondary N) is 2. The molecule has 0 bridgehead atoms. The summed E-state index contributed by atoms with van der Waals surface area (Å²) in [4.78, 5) is 35.6. The van der Waals surface area contributed by atoms with E-state index in [0.29, 0.717) is 17.9 Å². The van der Waals surface area contributed by atoms with Gasteiger partial charge in [-0.05, 0) is 18.6 Å². The first-order chi connectivity index (χ1) is 12.5. The van der Waals surface area contributed by atoms with Crippen LogP contribution in [-0.2, 0) is 4.79 Å². The van der Waals surface area contributed by atoms with Crippen molar-refractivity contribution in [2.24, 2.45) is 11.5 Å². The number of aromatic nitrogens is 4. The van der Waals surface area contributed by atoms with Crippen LogP contribution in [0.5, 0.6) is 0 Å². The number of primary amides is 2. The number of nitrogens with zero attached hydrogens (tertiary/aromatic N) is 4. The smallest absolute Gasteiger partial charge is 0.271 e. The fourth-order valence-corrected chi connectivity index (χ4v) is 2.41. The molecule has 26 heavy (non-hydrogen) atoms. The average molecular weight is 354 g/mol. The third kappa shape index (κ3) is 3.53. The molecule has 0 aliphatic carbocycles. The van der Waals surface area contributed by atoms with E-state index >= 15 is 0 Å². The predicted molar refractivity (Wildman–Crippen MR) is 95.9 cm³/mol. The highest BCUT2D eigenvalue weighted by Gasteiger charge is 2.17. The van der Waals surface area contributed by atoms with Crippen LogP contribution in [0.3, 0.4) is 0 Å². The van der Waals surface area contributed by atoms with E-state index in [1.165, 1.54) is 6.20 Å². The van der Waals surface area contributed by atoms with Gasteiger partial charge in [-0.1, -0.05) is 6.92 Å². The number of carbonyl (C=O) groups is 2. The van der Waals surface area contributed by atoms with Crippen molar-refractivity contribution in [1.29, 1.82) is 0 Å². The summed E-state index contributed by atoms with van der Waals surface area (Å²) in [5.41, 5.74) is 12.1. The lowest BCUT2D eigenvalue weighted by Gasteiger charge is -2.15. The number of nitrogens with two attached hydrogens (primary N) is 2. The van der Waals surface area contributed by atoms with Crippen LogP contribution in [-0.4, -0.2) is 37.2 Å². The number of fused-ring (bicyclic) bond motifs is 1. The molecular weight excluding hydrogens is 336 g/mol. The molecule has 0 saturated carbocycles. The van der Waals surface area contributed by atoms with E-state index in [0.717, 1.165) is 5.65 Å². The molecule has 3 aromatic rings. The van der Waals surface area contributed by atoms with Gasteiger partial charge in [0.2, 0.25) is 5.91 Å². The second kappa shape index (κ2) is 7.05. The first-order valence-electron chi connectivity index (χ1n) is 7.90. The van der Waals surface area contributed by atoms with Crippen molar-refractivity contribution in [3.63, 3.8) is 0 Å². The summed E-state index contributed by atoms with van der Waals surface area (Å²) in [5, 5.41) is 5.91. The van der Waals surface area contributed by atoms with Gasteiger partial charge >= 0.3 is 0 Å². The molecule has 6 N–H and O–H groups in total. The van der Waals surface area contributed by atoms with Crippen LogP contribution >= 0.6 is 0 Å². The van der Waals surface area contributed by atoms with Crippen molar-refractivity contribution in [3.8, 4) is 0 Å². The number of imidazole rings is 1. The zero-order chi connectivity index (χ0) is 18.7. The van der Waals surface area contributed by atoms with Crippen LogP contribution in [0.25, 0.3) is 5.65 Å². The van der Waals surface area contributed by atoms with Gasteiger partial charge in [0, 0.05) is 18.6 Å². The second-order valence-corrected chi connectivity index (χ2v) is 5.56. The maximum atomic E-state index is 11.7. The third-order valence-electron chi connectivity index (χ3n) is 3.73. The molecule has 0 aliphatic heterocycles. The number of carbonyl (C=O) groups excluding carboxylic acids is 2. The van der Waals surface area contributed by atoms with Crippen molar-refractivity contribution in [2.45, 2.75) is 19.4 Å². The van der Waals surface area contributed by atoms with Gasteiger partial charge < -0.3 is 26.5 Å². The Balaban J connectivity index is 1.93. The largest absolute Gasteiger partial charge is 0.368 e. The third-order valence-corrected chi connectivity index (χ3v) is 3.73. The number of rotatable bonds is 7. The predicted octanol–water partition coefficient (Wildman–Crippen LogP) is 0.643. The maximum absolute atomic E-state index is 11.7. The number of pyridine rings is 1. The van der Waals surface area contributed by atoms with E-state index in [4.69, 9.17) is 11.5 Å². The Morgan fingerprint density at radius 2 is 2.08 bits per heavy atom. The molecule has 2 amide bonds. The molecule has 1 unspecified atom stereocenters. The van der Waals surface area contributed by atoms with Crippen molar-refractivity contribution in [2.75, 3.05) is 10.6 Å². The van der Waals surface area contributed by atoms with Crippen LogP contribution in [0.2, 0.25) is 0 Å². The highest BCUT2D eigenvalue weighted by atomic mass is 16.1. The Bertz CT molecular complexity index is 968. The van der Waals surface area contributed by atoms with Gasteiger partial charge in [0.05, 0.1) is 11.9 Å². The fraction of sp³-hybridized carbons (Fsp3) is 0.188. The summed E-state index contributed by atoms with van der Waals surface area (Å²) < 4.78 is 1.81. The van der Waals surface area contributed by atoms with Gasteiger partial charge in [-0.15, -0.1) is 0 Å². The van der Waals surface area contributed by atoms with Gasteiger partial charge in [-0.2, -0.15) is 0 Å². The highest BCUT2D eigenvalue weighted by molar-refractivity contribution is 5.96. The zero-order valence-electron chi connectivity index (χ0n) is 14.0. The van der Waals surface area contributed by atoms with E-state index < -0.39 is 17.9 Å². The van der Waals surface area contributed by atoms with Gasteiger partial charge in [-0.3, -0.25) is 9.59 Å². The van der Waals surface area contributed by atoms with Crippen molar-refractivity contribution < 1.29 is 9.59 Å². The molecule has 0 fully saturated rings. The molecule has 0 saturated heterocycles. The molecular formula is C16H18N8O2. The van der Waals surface area contributed by atoms with Crippen molar-refractivity contribution >= 4 is 34.8 Å². The summed E-state index contributed by atoms with van der Waals surface area (Å²) in [6, 6.07) is 2.99. The molecule has 134 valence electrons. The monoisotopic (exact) mass is 354 g/mol. The van der Waals surface area contributed by atoms with Gasteiger partial charge in [0.25, 0.3) is 5.91 Å². The quantitative estimate of drug-likeness (QED) is 0.485. The molecule has 10 nitrogen and oxygen atoms in total. The van der Waals surface area contributed by atoms with Gasteiger partial charge in [0.1, 0.15) is 17.5 Å². The summed E-state index contributed by atoms with van der Waals surface area (Å²) >= 11 is 0. The normalized spacial score (nSPS) is 11.9. The van der Waals surface area contributed by atoms with Crippen LogP contribution in [0.4, 0.5) is 17.3 Å². The molecule has 0 aromatic carbocycles. The highest BCUT2D eigenvalue weighted by Crippen LogP contribution is 2.20. The molecule has 10 heteroatoms. The zero-order valence-corrected chi connectivity index (χ0v) is 14.0. The molecule has 0 spiro atoms. The molecule has 0 radical (unpaired) electrons. The topological polar surface area (TPSA) is 153 Å². The van der Waals surface area contributed by atoms with Gasteiger partial charge in [0.15, 0.2) is 11.5 Å². The van der Waals surface area contributed by atoms with Crippen LogP contribution < -0.4 is 22.1 Å². The summed E-state index contributed by atoms with van der Waals surface area (Å²) in [6.07, 6.45) is 7.06. The fourth-order valence-electron chi connectivity index (χ4n) is 2.41. The molecule has 3 rings (SSSR count). The SMILES string of the molecule is CCC(Nc1cnc(C(N)=O)c(Nc2ccc3nccn3c2)n1)C(N)=O. The summed E-state index contributed by atoms with van der Waals surface area (Å²) in [6.45, 7) is 1.81. The van der Waals surface area contributed by atoms with Crippen molar-refractivity contribution in [1.82, 2.24) is 19.4 Å². The van der Waals surface area contributed by atoms with E-state index in [-0.39, 0.29) is 11.5 Å². The number of hydrogen-bond donors (Lipinski definition) is 4. The number of anilines is 3. The Kier molecular flexibility index (Phi) is 4.65. The maximum Gasteiger partial charge on any atom is 0.271 e.